The molecule has 20 heavy (non-hydrogen) atoms. The number of hydrogen-bond acceptors (Lipinski definition) is 2. The van der Waals surface area contributed by atoms with Gasteiger partial charge in [0.15, 0.2) is 0 Å². The van der Waals surface area contributed by atoms with Crippen LogP contribution in [-0.2, 0) is 0 Å². The van der Waals surface area contributed by atoms with E-state index in [1.54, 1.807) is 0 Å². The van der Waals surface area contributed by atoms with Crippen LogP contribution in [0.1, 0.15) is 29.8 Å². The summed E-state index contributed by atoms with van der Waals surface area (Å²) in [5.74, 6) is 1.60. The van der Waals surface area contributed by atoms with Crippen LogP contribution in [0.15, 0.2) is 24.3 Å². The molecule has 2 aromatic rings. The molecule has 1 amide bonds. The summed E-state index contributed by atoms with van der Waals surface area (Å²) in [5, 5.41) is 1.01. The summed E-state index contributed by atoms with van der Waals surface area (Å²) in [6.07, 6.45) is 3.92. The highest BCUT2D eigenvalue weighted by atomic mass is 16.2. The summed E-state index contributed by atoms with van der Waals surface area (Å²) < 4.78 is 0. The van der Waals surface area contributed by atoms with Crippen molar-refractivity contribution in [3.05, 3.63) is 30.0 Å². The number of aromatic amines is 1. The van der Waals surface area contributed by atoms with Gasteiger partial charge in [0, 0.05) is 29.7 Å². The summed E-state index contributed by atoms with van der Waals surface area (Å²) in [7, 11) is 0. The van der Waals surface area contributed by atoms with Crippen molar-refractivity contribution in [2.45, 2.75) is 19.3 Å². The SMILES string of the molecule is Nc1ccc2[nH]c(C(=O)N3CC4CCCC4C3)cc2c1. The van der Waals surface area contributed by atoms with Crippen LogP contribution in [0.3, 0.4) is 0 Å². The molecule has 1 saturated carbocycles. The number of fused-ring (bicyclic) bond motifs is 2. The number of likely N-dealkylation sites (tertiary alicyclic amines) is 1. The Hall–Kier alpha value is -1.97. The molecule has 2 atom stereocenters. The number of anilines is 1. The van der Waals surface area contributed by atoms with Crippen LogP contribution in [0.2, 0.25) is 0 Å². The highest BCUT2D eigenvalue weighted by Crippen LogP contribution is 2.38. The molecular weight excluding hydrogens is 250 g/mol. The molecule has 104 valence electrons. The second-order valence-corrected chi connectivity index (χ2v) is 6.19. The van der Waals surface area contributed by atoms with Crippen molar-refractivity contribution in [2.75, 3.05) is 18.8 Å². The van der Waals surface area contributed by atoms with Crippen LogP contribution in [0.5, 0.6) is 0 Å². The monoisotopic (exact) mass is 269 g/mol. The van der Waals surface area contributed by atoms with Crippen molar-refractivity contribution in [3.8, 4) is 0 Å². The van der Waals surface area contributed by atoms with Crippen LogP contribution in [-0.4, -0.2) is 28.9 Å². The maximum atomic E-state index is 12.6. The minimum atomic E-state index is 0.133. The van der Waals surface area contributed by atoms with E-state index >= 15 is 0 Å². The van der Waals surface area contributed by atoms with Crippen molar-refractivity contribution in [1.82, 2.24) is 9.88 Å². The molecule has 1 aliphatic heterocycles. The van der Waals surface area contributed by atoms with Crippen molar-refractivity contribution in [3.63, 3.8) is 0 Å². The van der Waals surface area contributed by atoms with Crippen molar-refractivity contribution >= 4 is 22.5 Å². The minimum absolute atomic E-state index is 0.133. The zero-order valence-electron chi connectivity index (χ0n) is 11.4. The van der Waals surface area contributed by atoms with Crippen molar-refractivity contribution in [1.29, 1.82) is 0 Å². The number of nitrogen functional groups attached to an aromatic ring is 1. The first-order chi connectivity index (χ1) is 9.70. The topological polar surface area (TPSA) is 62.1 Å². The second kappa shape index (κ2) is 4.27. The lowest BCUT2D eigenvalue weighted by atomic mass is 10.0. The highest BCUT2D eigenvalue weighted by Gasteiger charge is 2.38. The van der Waals surface area contributed by atoms with Crippen molar-refractivity contribution in [2.24, 2.45) is 11.8 Å². The zero-order valence-corrected chi connectivity index (χ0v) is 11.4. The molecule has 2 fully saturated rings. The normalized spacial score (nSPS) is 25.3. The van der Waals surface area contributed by atoms with E-state index in [1.165, 1.54) is 19.3 Å². The van der Waals surface area contributed by atoms with E-state index in [1.807, 2.05) is 29.2 Å². The number of amides is 1. The fraction of sp³-hybridized carbons (Fsp3) is 0.438. The second-order valence-electron chi connectivity index (χ2n) is 6.19. The number of carbonyl (C=O) groups is 1. The van der Waals surface area contributed by atoms with Crippen molar-refractivity contribution < 1.29 is 4.79 Å². The maximum absolute atomic E-state index is 12.6. The Bertz CT molecular complexity index is 663. The van der Waals surface area contributed by atoms with E-state index < -0.39 is 0 Å². The van der Waals surface area contributed by atoms with Crippen LogP contribution in [0.4, 0.5) is 5.69 Å². The Morgan fingerprint density at radius 1 is 1.20 bits per heavy atom. The molecule has 3 N–H and O–H groups in total. The molecule has 1 aliphatic carbocycles. The molecule has 4 heteroatoms. The Morgan fingerprint density at radius 2 is 1.95 bits per heavy atom. The van der Waals surface area contributed by atoms with E-state index in [-0.39, 0.29) is 5.91 Å². The lowest BCUT2D eigenvalue weighted by Gasteiger charge is -2.16. The molecule has 2 heterocycles. The van der Waals surface area contributed by atoms with Crippen LogP contribution in [0.25, 0.3) is 10.9 Å². The quantitative estimate of drug-likeness (QED) is 0.782. The summed E-state index contributed by atoms with van der Waals surface area (Å²) in [6.45, 7) is 1.86. The highest BCUT2D eigenvalue weighted by molar-refractivity contribution is 5.98. The predicted octanol–water partition coefficient (Wildman–Crippen LogP) is 2.62. The number of nitrogens with two attached hydrogens (primary N) is 1. The molecule has 0 radical (unpaired) electrons. The molecular formula is C16H19N3O. The fourth-order valence-electron chi connectivity index (χ4n) is 3.84. The molecule has 2 unspecified atom stereocenters. The largest absolute Gasteiger partial charge is 0.399 e. The standard InChI is InChI=1S/C16H19N3O/c17-13-4-5-14-12(6-13)7-15(18-14)16(20)19-8-10-2-1-3-11(10)9-19/h4-7,10-11,18H,1-3,8-9,17H2. The number of nitrogens with zero attached hydrogens (tertiary/aromatic N) is 1. The van der Waals surface area contributed by atoms with Gasteiger partial charge in [-0.2, -0.15) is 0 Å². The van der Waals surface area contributed by atoms with Gasteiger partial charge in [0.05, 0.1) is 0 Å². The number of benzene rings is 1. The van der Waals surface area contributed by atoms with Gasteiger partial charge in [-0.05, 0) is 48.9 Å². The number of aromatic nitrogens is 1. The third-order valence-corrected chi connectivity index (χ3v) is 4.89. The predicted molar refractivity (Wildman–Crippen MR) is 79.4 cm³/mol. The van der Waals surface area contributed by atoms with Gasteiger partial charge in [0.25, 0.3) is 5.91 Å². The van der Waals surface area contributed by atoms with Gasteiger partial charge in [-0.15, -0.1) is 0 Å². The Balaban J connectivity index is 1.61. The zero-order chi connectivity index (χ0) is 13.7. The first-order valence-corrected chi connectivity index (χ1v) is 7.38. The molecule has 1 saturated heterocycles. The lowest BCUT2D eigenvalue weighted by Crippen LogP contribution is -2.29. The number of carbonyl (C=O) groups excluding carboxylic acids is 1. The number of rotatable bonds is 1. The summed E-state index contributed by atoms with van der Waals surface area (Å²) >= 11 is 0. The number of hydrogen-bond donors (Lipinski definition) is 2. The summed E-state index contributed by atoms with van der Waals surface area (Å²) in [6, 6.07) is 7.61. The molecule has 1 aromatic heterocycles. The van der Waals surface area contributed by atoms with Crippen LogP contribution < -0.4 is 5.73 Å². The molecule has 1 aromatic carbocycles. The van der Waals surface area contributed by atoms with Gasteiger partial charge in [-0.3, -0.25) is 4.79 Å². The van der Waals surface area contributed by atoms with E-state index in [9.17, 15) is 4.79 Å². The van der Waals surface area contributed by atoms with E-state index in [2.05, 4.69) is 4.98 Å². The summed E-state index contributed by atoms with van der Waals surface area (Å²) in [4.78, 5) is 17.8. The van der Waals surface area contributed by atoms with Crippen LogP contribution in [0, 0.1) is 11.8 Å². The molecule has 4 rings (SSSR count). The third-order valence-electron chi connectivity index (χ3n) is 4.89. The van der Waals surface area contributed by atoms with E-state index in [0.29, 0.717) is 5.69 Å². The van der Waals surface area contributed by atoms with Crippen LogP contribution >= 0.6 is 0 Å². The average molecular weight is 269 g/mol. The van der Waals surface area contributed by atoms with Gasteiger partial charge >= 0.3 is 0 Å². The number of nitrogens with one attached hydrogen (secondary N) is 1. The fourth-order valence-corrected chi connectivity index (χ4v) is 3.84. The molecule has 4 nitrogen and oxygen atoms in total. The summed E-state index contributed by atoms with van der Waals surface area (Å²) in [5.41, 5.74) is 8.17. The Labute approximate surface area is 117 Å². The van der Waals surface area contributed by atoms with Gasteiger partial charge in [0.2, 0.25) is 0 Å². The Morgan fingerprint density at radius 3 is 2.70 bits per heavy atom. The first kappa shape index (κ1) is 11.8. The molecule has 0 spiro atoms. The molecule has 0 bridgehead atoms. The number of H-pyrrole nitrogens is 1. The first-order valence-electron chi connectivity index (χ1n) is 7.38. The van der Waals surface area contributed by atoms with E-state index in [0.717, 1.165) is 41.5 Å². The van der Waals surface area contributed by atoms with Gasteiger partial charge in [-0.25, -0.2) is 0 Å². The van der Waals surface area contributed by atoms with Gasteiger partial charge in [-0.1, -0.05) is 6.42 Å². The van der Waals surface area contributed by atoms with Gasteiger partial charge in [0.1, 0.15) is 5.69 Å². The van der Waals surface area contributed by atoms with Gasteiger partial charge < -0.3 is 15.6 Å². The molecule has 2 aliphatic rings. The minimum Gasteiger partial charge on any atom is -0.399 e. The maximum Gasteiger partial charge on any atom is 0.270 e. The Kier molecular flexibility index (Phi) is 2.52. The smallest absolute Gasteiger partial charge is 0.270 e. The third kappa shape index (κ3) is 1.79. The van der Waals surface area contributed by atoms with E-state index in [4.69, 9.17) is 5.73 Å². The average Bonchev–Trinajstić information content (AvgIpc) is 3.10. The lowest BCUT2D eigenvalue weighted by molar-refractivity contribution is 0.0776.